The van der Waals surface area contributed by atoms with Gasteiger partial charge in [-0.2, -0.15) is 0 Å². The minimum absolute atomic E-state index is 0.111. The molecule has 1 N–H and O–H groups in total. The summed E-state index contributed by atoms with van der Waals surface area (Å²) in [4.78, 5) is 13.4. The summed E-state index contributed by atoms with van der Waals surface area (Å²) < 4.78 is 18.2. The maximum absolute atomic E-state index is 12.9. The van der Waals surface area contributed by atoms with E-state index in [0.29, 0.717) is 5.75 Å². The van der Waals surface area contributed by atoms with Crippen LogP contribution < -0.4 is 4.74 Å². The summed E-state index contributed by atoms with van der Waals surface area (Å²) in [5, 5.41) is 9.18. The van der Waals surface area contributed by atoms with E-state index in [4.69, 9.17) is 4.74 Å². The van der Waals surface area contributed by atoms with Gasteiger partial charge in [0.05, 0.1) is 25.2 Å². The van der Waals surface area contributed by atoms with E-state index >= 15 is 0 Å². The van der Waals surface area contributed by atoms with Gasteiger partial charge in [-0.05, 0) is 26.0 Å². The average molecular weight is 269 g/mol. The molecule has 0 saturated carbocycles. The Bertz CT molecular complexity index is 434. The molecule has 1 aromatic carbocycles. The molecule has 0 aliphatic rings. The molecule has 0 aliphatic carbocycles. The van der Waals surface area contributed by atoms with Gasteiger partial charge >= 0.3 is 0 Å². The van der Waals surface area contributed by atoms with Crippen molar-refractivity contribution in [3.05, 3.63) is 30.1 Å². The molecule has 0 aliphatic heterocycles. The first-order chi connectivity index (χ1) is 8.86. The highest BCUT2D eigenvalue weighted by Gasteiger charge is 2.26. The summed E-state index contributed by atoms with van der Waals surface area (Å²) >= 11 is 0. The van der Waals surface area contributed by atoms with Gasteiger partial charge < -0.3 is 14.7 Å². The number of carbonyl (C=O) groups excluding carboxylic acids is 1. The van der Waals surface area contributed by atoms with Crippen LogP contribution in [0.1, 0.15) is 20.3 Å². The molecule has 0 aromatic heterocycles. The van der Waals surface area contributed by atoms with Gasteiger partial charge in [-0.3, -0.25) is 4.79 Å². The highest BCUT2D eigenvalue weighted by molar-refractivity contribution is 5.76. The van der Waals surface area contributed by atoms with Crippen molar-refractivity contribution in [2.24, 2.45) is 0 Å². The van der Waals surface area contributed by atoms with Crippen molar-refractivity contribution in [2.75, 3.05) is 20.3 Å². The SMILES string of the molecule is CN(C(=O)CCOc1cccc(F)c1)C(C)(C)CO. The maximum Gasteiger partial charge on any atom is 0.226 e. The van der Waals surface area contributed by atoms with Crippen LogP contribution in [0.5, 0.6) is 5.75 Å². The lowest BCUT2D eigenvalue weighted by Gasteiger charge is -2.34. The first-order valence-electron chi connectivity index (χ1n) is 6.13. The monoisotopic (exact) mass is 269 g/mol. The van der Waals surface area contributed by atoms with Crippen LogP contribution in [0.4, 0.5) is 4.39 Å². The highest BCUT2D eigenvalue weighted by atomic mass is 19.1. The van der Waals surface area contributed by atoms with E-state index in [9.17, 15) is 14.3 Å². The number of hydrogen-bond donors (Lipinski definition) is 1. The van der Waals surface area contributed by atoms with Gasteiger partial charge in [0.1, 0.15) is 11.6 Å². The molecule has 19 heavy (non-hydrogen) atoms. The summed E-state index contributed by atoms with van der Waals surface area (Å²) in [6.45, 7) is 3.62. The normalized spacial score (nSPS) is 11.2. The summed E-state index contributed by atoms with van der Waals surface area (Å²) in [7, 11) is 1.64. The highest BCUT2D eigenvalue weighted by Crippen LogP contribution is 2.14. The molecule has 0 unspecified atom stereocenters. The number of hydrogen-bond acceptors (Lipinski definition) is 3. The van der Waals surface area contributed by atoms with Crippen LogP contribution >= 0.6 is 0 Å². The van der Waals surface area contributed by atoms with Crippen LogP contribution in [0.2, 0.25) is 0 Å². The third kappa shape index (κ3) is 4.52. The number of benzene rings is 1. The average Bonchev–Trinajstić information content (AvgIpc) is 2.37. The molecule has 1 amide bonds. The number of carbonyl (C=O) groups is 1. The lowest BCUT2D eigenvalue weighted by Crippen LogP contribution is -2.47. The van der Waals surface area contributed by atoms with E-state index < -0.39 is 5.54 Å². The van der Waals surface area contributed by atoms with Crippen molar-refractivity contribution in [1.29, 1.82) is 0 Å². The Morgan fingerprint density at radius 2 is 2.16 bits per heavy atom. The van der Waals surface area contributed by atoms with E-state index in [2.05, 4.69) is 0 Å². The van der Waals surface area contributed by atoms with Crippen LogP contribution in [-0.4, -0.2) is 41.7 Å². The Kier molecular flexibility index (Phi) is 5.30. The second-order valence-corrected chi connectivity index (χ2v) is 4.98. The zero-order chi connectivity index (χ0) is 14.5. The Hall–Kier alpha value is -1.62. The fourth-order valence-electron chi connectivity index (χ4n) is 1.42. The number of halogens is 1. The van der Waals surface area contributed by atoms with Crippen LogP contribution in [0, 0.1) is 5.82 Å². The second-order valence-electron chi connectivity index (χ2n) is 4.98. The second kappa shape index (κ2) is 6.52. The number of amides is 1. The summed E-state index contributed by atoms with van der Waals surface area (Å²) in [5.41, 5.74) is -0.601. The van der Waals surface area contributed by atoms with Crippen molar-refractivity contribution >= 4 is 5.91 Å². The molecule has 4 nitrogen and oxygen atoms in total. The molecule has 0 spiro atoms. The zero-order valence-electron chi connectivity index (χ0n) is 11.5. The van der Waals surface area contributed by atoms with Gasteiger partial charge in [0, 0.05) is 13.1 Å². The molecule has 0 fully saturated rings. The largest absolute Gasteiger partial charge is 0.493 e. The molecule has 0 heterocycles. The fraction of sp³-hybridized carbons (Fsp3) is 0.500. The predicted octanol–water partition coefficient (Wildman–Crippen LogP) is 1.82. The predicted molar refractivity (Wildman–Crippen MR) is 70.4 cm³/mol. The molecule has 0 atom stereocenters. The Morgan fingerprint density at radius 1 is 1.47 bits per heavy atom. The fourth-order valence-corrected chi connectivity index (χ4v) is 1.42. The number of likely N-dealkylation sites (N-methyl/N-ethyl adjacent to an activating group) is 1. The van der Waals surface area contributed by atoms with Crippen molar-refractivity contribution in [1.82, 2.24) is 4.90 Å². The molecular formula is C14H20FNO3. The molecular weight excluding hydrogens is 249 g/mol. The van der Waals surface area contributed by atoms with E-state index in [1.807, 2.05) is 0 Å². The van der Waals surface area contributed by atoms with Crippen LogP contribution in [0.25, 0.3) is 0 Å². The number of nitrogens with zero attached hydrogens (tertiary/aromatic N) is 1. The maximum atomic E-state index is 12.9. The third-order valence-corrected chi connectivity index (χ3v) is 3.05. The van der Waals surface area contributed by atoms with Crippen LogP contribution in [0.15, 0.2) is 24.3 Å². The summed E-state index contributed by atoms with van der Waals surface area (Å²) in [5.74, 6) is -0.102. The zero-order valence-corrected chi connectivity index (χ0v) is 11.5. The van der Waals surface area contributed by atoms with Gasteiger partial charge in [0.25, 0.3) is 0 Å². The molecule has 0 saturated heterocycles. The summed E-state index contributed by atoms with van der Waals surface area (Å²) in [6.07, 6.45) is 0.177. The lowest BCUT2D eigenvalue weighted by molar-refractivity contribution is -0.136. The molecule has 1 rings (SSSR count). The first-order valence-corrected chi connectivity index (χ1v) is 6.13. The van der Waals surface area contributed by atoms with Gasteiger partial charge in [-0.1, -0.05) is 6.07 Å². The van der Waals surface area contributed by atoms with E-state index in [1.54, 1.807) is 33.0 Å². The molecule has 1 aromatic rings. The first kappa shape index (κ1) is 15.4. The van der Waals surface area contributed by atoms with Gasteiger partial charge in [-0.15, -0.1) is 0 Å². The molecule has 0 bridgehead atoms. The molecule has 5 heteroatoms. The third-order valence-electron chi connectivity index (χ3n) is 3.05. The number of rotatable bonds is 6. The van der Waals surface area contributed by atoms with Gasteiger partial charge in [0.15, 0.2) is 0 Å². The quantitative estimate of drug-likeness (QED) is 0.857. The Labute approximate surface area is 112 Å². The van der Waals surface area contributed by atoms with Crippen molar-refractivity contribution in [3.8, 4) is 5.75 Å². The van der Waals surface area contributed by atoms with Crippen molar-refractivity contribution < 1.29 is 19.0 Å². The molecule has 106 valence electrons. The summed E-state index contributed by atoms with van der Waals surface area (Å²) in [6, 6.07) is 5.78. The minimum atomic E-state index is -0.601. The van der Waals surface area contributed by atoms with Crippen LogP contribution in [-0.2, 0) is 4.79 Å². The number of aliphatic hydroxyl groups excluding tert-OH is 1. The van der Waals surface area contributed by atoms with E-state index in [1.165, 1.54) is 17.0 Å². The van der Waals surface area contributed by atoms with Crippen LogP contribution in [0.3, 0.4) is 0 Å². The van der Waals surface area contributed by atoms with Crippen molar-refractivity contribution in [2.45, 2.75) is 25.8 Å². The molecule has 0 radical (unpaired) electrons. The number of ether oxygens (including phenoxy) is 1. The topological polar surface area (TPSA) is 49.8 Å². The minimum Gasteiger partial charge on any atom is -0.493 e. The van der Waals surface area contributed by atoms with Crippen molar-refractivity contribution in [3.63, 3.8) is 0 Å². The number of aliphatic hydroxyl groups is 1. The lowest BCUT2D eigenvalue weighted by atomic mass is 10.0. The standard InChI is InChI=1S/C14H20FNO3/c1-14(2,10-17)16(3)13(18)7-8-19-12-6-4-5-11(15)9-12/h4-6,9,17H,7-8,10H2,1-3H3. The Balaban J connectivity index is 2.43. The van der Waals surface area contributed by atoms with E-state index in [0.717, 1.165) is 0 Å². The Morgan fingerprint density at radius 3 is 2.74 bits per heavy atom. The van der Waals surface area contributed by atoms with Gasteiger partial charge in [0.2, 0.25) is 5.91 Å². The van der Waals surface area contributed by atoms with E-state index in [-0.39, 0.29) is 31.4 Å². The smallest absolute Gasteiger partial charge is 0.226 e. The van der Waals surface area contributed by atoms with Gasteiger partial charge in [-0.25, -0.2) is 4.39 Å².